The fourth-order valence-electron chi connectivity index (χ4n) is 7.10. The molecular formula is C35H71N. The molecule has 1 saturated heterocycles. The normalized spacial score (nSPS) is 18.7. The molecule has 1 fully saturated rings. The van der Waals surface area contributed by atoms with Gasteiger partial charge in [0.05, 0.1) is 0 Å². The van der Waals surface area contributed by atoms with Crippen LogP contribution in [0.3, 0.4) is 0 Å². The van der Waals surface area contributed by atoms with Crippen molar-refractivity contribution in [1.82, 2.24) is 4.90 Å². The zero-order chi connectivity index (χ0) is 26.5. The molecule has 0 bridgehead atoms. The Labute approximate surface area is 230 Å². The van der Waals surface area contributed by atoms with Crippen LogP contribution in [0.15, 0.2) is 0 Å². The maximum Gasteiger partial charge on any atom is 0.0181 e. The topological polar surface area (TPSA) is 3.24 Å². The molecule has 216 valence electrons. The van der Waals surface area contributed by atoms with E-state index in [2.05, 4.69) is 46.4 Å². The summed E-state index contributed by atoms with van der Waals surface area (Å²) in [5.74, 6) is 0.921. The Balaban J connectivity index is 2.78. The van der Waals surface area contributed by atoms with Crippen LogP contribution in [0.2, 0.25) is 0 Å². The molecule has 0 aromatic heterocycles. The van der Waals surface area contributed by atoms with E-state index in [4.69, 9.17) is 0 Å². The van der Waals surface area contributed by atoms with Crippen LogP contribution in [0.5, 0.6) is 0 Å². The van der Waals surface area contributed by atoms with Gasteiger partial charge >= 0.3 is 0 Å². The molecule has 1 rings (SSSR count). The highest BCUT2D eigenvalue weighted by molar-refractivity contribution is 4.96. The first-order valence-electron chi connectivity index (χ1n) is 17.2. The van der Waals surface area contributed by atoms with Crippen molar-refractivity contribution in [1.29, 1.82) is 0 Å². The van der Waals surface area contributed by atoms with E-state index in [0.29, 0.717) is 11.0 Å². The molecule has 1 aliphatic rings. The summed E-state index contributed by atoms with van der Waals surface area (Å²) in [4.78, 5) is 3.01. The summed E-state index contributed by atoms with van der Waals surface area (Å²) in [5.41, 5.74) is 1.01. The van der Waals surface area contributed by atoms with E-state index >= 15 is 0 Å². The van der Waals surface area contributed by atoms with Gasteiger partial charge in [-0.15, -0.1) is 0 Å². The van der Waals surface area contributed by atoms with Gasteiger partial charge in [0.2, 0.25) is 0 Å². The van der Waals surface area contributed by atoms with E-state index < -0.39 is 0 Å². The predicted octanol–water partition coefficient (Wildman–Crippen LogP) is 12.1. The predicted molar refractivity (Wildman–Crippen MR) is 165 cm³/mol. The van der Waals surface area contributed by atoms with Gasteiger partial charge in [-0.25, -0.2) is 0 Å². The molecule has 1 unspecified atom stereocenters. The number of unbranched alkanes of at least 4 members (excludes halogenated alkanes) is 15. The Morgan fingerprint density at radius 1 is 0.500 bits per heavy atom. The first-order valence-corrected chi connectivity index (χ1v) is 17.2. The average molecular weight is 506 g/mol. The molecular weight excluding hydrogens is 434 g/mol. The second-order valence-corrected chi connectivity index (χ2v) is 13.4. The summed E-state index contributed by atoms with van der Waals surface area (Å²) in [6.45, 7) is 17.5. The maximum absolute atomic E-state index is 3.01. The summed E-state index contributed by atoms with van der Waals surface area (Å²) >= 11 is 0. The quantitative estimate of drug-likeness (QED) is 0.111. The van der Waals surface area contributed by atoms with Gasteiger partial charge in [-0.05, 0) is 56.9 Å². The highest BCUT2D eigenvalue weighted by Gasteiger charge is 2.42. The zero-order valence-corrected chi connectivity index (χ0v) is 26.4. The SMILES string of the molecule is CCCCCCCC(C)(CCCCCCC)[C@H]1CCN(C(C)(CCCCCC)CCCCCCC)C1. The lowest BCUT2D eigenvalue weighted by Crippen LogP contribution is -2.46. The van der Waals surface area contributed by atoms with Crippen molar-refractivity contribution in [2.75, 3.05) is 13.1 Å². The number of hydrogen-bond acceptors (Lipinski definition) is 1. The maximum atomic E-state index is 3.01. The largest absolute Gasteiger partial charge is 0.298 e. The van der Waals surface area contributed by atoms with Gasteiger partial charge in [-0.2, -0.15) is 0 Å². The van der Waals surface area contributed by atoms with Gasteiger partial charge in [0.1, 0.15) is 0 Å². The lowest BCUT2D eigenvalue weighted by Gasteiger charge is -2.42. The van der Waals surface area contributed by atoms with Gasteiger partial charge in [-0.1, -0.05) is 157 Å². The Kier molecular flexibility index (Phi) is 19.7. The van der Waals surface area contributed by atoms with Crippen molar-refractivity contribution < 1.29 is 0 Å². The minimum Gasteiger partial charge on any atom is -0.298 e. The number of hydrogen-bond donors (Lipinski definition) is 0. The van der Waals surface area contributed by atoms with E-state index in [-0.39, 0.29) is 0 Å². The molecule has 36 heavy (non-hydrogen) atoms. The lowest BCUT2D eigenvalue weighted by atomic mass is 9.69. The van der Waals surface area contributed by atoms with E-state index in [9.17, 15) is 0 Å². The highest BCUT2D eigenvalue weighted by atomic mass is 15.2. The van der Waals surface area contributed by atoms with Gasteiger partial charge in [0.25, 0.3) is 0 Å². The Hall–Kier alpha value is -0.0400. The van der Waals surface area contributed by atoms with Gasteiger partial charge in [-0.3, -0.25) is 4.90 Å². The van der Waals surface area contributed by atoms with Crippen molar-refractivity contribution in [2.24, 2.45) is 11.3 Å². The highest BCUT2D eigenvalue weighted by Crippen LogP contribution is 2.45. The second kappa shape index (κ2) is 20.9. The van der Waals surface area contributed by atoms with Gasteiger partial charge < -0.3 is 0 Å². The third-order valence-corrected chi connectivity index (χ3v) is 10.0. The van der Waals surface area contributed by atoms with Crippen LogP contribution in [0.25, 0.3) is 0 Å². The molecule has 0 aromatic rings. The van der Waals surface area contributed by atoms with Crippen LogP contribution in [-0.2, 0) is 0 Å². The fraction of sp³-hybridized carbons (Fsp3) is 1.00. The molecule has 1 nitrogen and oxygen atoms in total. The Bertz CT molecular complexity index is 471. The van der Waals surface area contributed by atoms with Crippen LogP contribution >= 0.6 is 0 Å². The molecule has 0 N–H and O–H groups in total. The molecule has 1 aliphatic heterocycles. The average Bonchev–Trinajstić information content (AvgIpc) is 3.39. The third-order valence-electron chi connectivity index (χ3n) is 10.0. The fourth-order valence-corrected chi connectivity index (χ4v) is 7.10. The second-order valence-electron chi connectivity index (χ2n) is 13.4. The first kappa shape index (κ1) is 34.0. The van der Waals surface area contributed by atoms with Crippen LogP contribution in [0.4, 0.5) is 0 Å². The Morgan fingerprint density at radius 3 is 1.28 bits per heavy atom. The summed E-state index contributed by atoms with van der Waals surface area (Å²) in [6, 6.07) is 0. The zero-order valence-electron chi connectivity index (χ0n) is 26.4. The Morgan fingerprint density at radius 2 is 0.861 bits per heavy atom. The molecule has 0 radical (unpaired) electrons. The molecule has 0 spiro atoms. The summed E-state index contributed by atoms with van der Waals surface area (Å²) in [7, 11) is 0. The molecule has 1 heteroatoms. The summed E-state index contributed by atoms with van der Waals surface area (Å²) < 4.78 is 0. The standard InChI is InChI=1S/C35H71N/c1-7-11-15-19-22-27-34(5,28-23-20-16-12-8-2)33-26-31-36(32-33)35(6,29-24-18-14-10-4)30-25-21-17-13-9-3/h33H,7-32H2,1-6H3/t33-,35?/m0/s1. The van der Waals surface area contributed by atoms with Crippen LogP contribution in [-0.4, -0.2) is 23.5 Å². The third kappa shape index (κ3) is 13.7. The summed E-state index contributed by atoms with van der Waals surface area (Å²) in [5, 5.41) is 0. The summed E-state index contributed by atoms with van der Waals surface area (Å²) in [6.07, 6.45) is 34.4. The van der Waals surface area contributed by atoms with Crippen LogP contribution < -0.4 is 0 Å². The van der Waals surface area contributed by atoms with Crippen LogP contribution in [0.1, 0.15) is 196 Å². The molecule has 0 aliphatic carbocycles. The van der Waals surface area contributed by atoms with Crippen LogP contribution in [0, 0.1) is 11.3 Å². The number of likely N-dealkylation sites (tertiary alicyclic amines) is 1. The van der Waals surface area contributed by atoms with E-state index in [0.717, 1.165) is 5.92 Å². The smallest absolute Gasteiger partial charge is 0.0181 e. The van der Waals surface area contributed by atoms with Crippen molar-refractivity contribution in [2.45, 2.75) is 201 Å². The molecule has 0 amide bonds. The van der Waals surface area contributed by atoms with E-state index in [1.807, 2.05) is 0 Å². The van der Waals surface area contributed by atoms with E-state index in [1.165, 1.54) is 167 Å². The van der Waals surface area contributed by atoms with Crippen molar-refractivity contribution in [3.8, 4) is 0 Å². The van der Waals surface area contributed by atoms with Crippen molar-refractivity contribution in [3.05, 3.63) is 0 Å². The minimum absolute atomic E-state index is 0.442. The van der Waals surface area contributed by atoms with Gasteiger partial charge in [0, 0.05) is 12.1 Å². The minimum atomic E-state index is 0.442. The molecule has 2 atom stereocenters. The number of nitrogens with zero attached hydrogens (tertiary/aromatic N) is 1. The molecule has 0 aromatic carbocycles. The first-order chi connectivity index (χ1) is 17.5. The van der Waals surface area contributed by atoms with E-state index in [1.54, 1.807) is 0 Å². The lowest BCUT2D eigenvalue weighted by molar-refractivity contribution is 0.0803. The van der Waals surface area contributed by atoms with Gasteiger partial charge in [0.15, 0.2) is 0 Å². The van der Waals surface area contributed by atoms with Crippen molar-refractivity contribution in [3.63, 3.8) is 0 Å². The molecule has 1 heterocycles. The monoisotopic (exact) mass is 506 g/mol. The molecule has 0 saturated carbocycles. The number of rotatable bonds is 25. The van der Waals surface area contributed by atoms with Crippen molar-refractivity contribution >= 4 is 0 Å².